The van der Waals surface area contributed by atoms with Gasteiger partial charge in [-0.15, -0.1) is 0 Å². The Morgan fingerprint density at radius 1 is 1.27 bits per heavy atom. The lowest BCUT2D eigenvalue weighted by atomic mass is 10.2. The minimum atomic E-state index is -4.47. The van der Waals surface area contributed by atoms with E-state index in [1.54, 1.807) is 11.9 Å². The van der Waals surface area contributed by atoms with Gasteiger partial charge in [0.1, 0.15) is 11.6 Å². The van der Waals surface area contributed by atoms with Crippen molar-refractivity contribution >= 4 is 41.4 Å². The third-order valence-corrected chi connectivity index (χ3v) is 6.40. The predicted molar refractivity (Wildman–Crippen MR) is 125 cm³/mol. The number of β-amino-alcohol motifs (C(OH)–C–C–N with tert-alkyl or cyclic N) is 1. The van der Waals surface area contributed by atoms with Crippen LogP contribution in [0.3, 0.4) is 0 Å². The zero-order chi connectivity index (χ0) is 23.6. The van der Waals surface area contributed by atoms with Gasteiger partial charge in [-0.05, 0) is 24.6 Å². The number of alkyl halides is 3. The first-order chi connectivity index (χ1) is 15.8. The molecule has 1 unspecified atom stereocenters. The second-order valence-corrected chi connectivity index (χ2v) is 9.33. The fraction of sp³-hybridized carbons (Fsp3) is 0.476. The zero-order valence-corrected chi connectivity index (χ0v) is 18.9. The normalized spacial score (nSPS) is 19.4. The van der Waals surface area contributed by atoms with Crippen LogP contribution in [0, 0.1) is 5.41 Å². The summed E-state index contributed by atoms with van der Waals surface area (Å²) in [7, 11) is 0. The second-order valence-electron chi connectivity index (χ2n) is 7.98. The van der Waals surface area contributed by atoms with Gasteiger partial charge >= 0.3 is 6.18 Å². The van der Waals surface area contributed by atoms with Crippen LogP contribution in [0.5, 0.6) is 0 Å². The highest BCUT2D eigenvalue weighted by Crippen LogP contribution is 2.33. The molecule has 0 saturated carbocycles. The maximum Gasteiger partial charge on any atom is 0.416 e. The summed E-state index contributed by atoms with van der Waals surface area (Å²) in [6.07, 6.45) is -3.31. The Labute approximate surface area is 194 Å². The van der Waals surface area contributed by atoms with Gasteiger partial charge < -0.3 is 26.0 Å². The van der Waals surface area contributed by atoms with Crippen molar-refractivity contribution in [2.75, 3.05) is 47.5 Å². The molecule has 4 N–H and O–H groups in total. The van der Waals surface area contributed by atoms with Gasteiger partial charge in [0.05, 0.1) is 23.3 Å². The minimum Gasteiger partial charge on any atom is -0.391 e. The number of aliphatic hydroxyl groups excluding tert-OH is 1. The Bertz CT molecular complexity index is 1000. The molecule has 3 heterocycles. The average Bonchev–Trinajstić information content (AvgIpc) is 3.18. The Balaban J connectivity index is 1.65. The molecule has 0 amide bonds. The molecule has 0 aliphatic carbocycles. The van der Waals surface area contributed by atoms with Crippen molar-refractivity contribution < 1.29 is 18.3 Å². The van der Waals surface area contributed by atoms with Crippen LogP contribution in [-0.2, 0) is 6.18 Å². The lowest BCUT2D eigenvalue weighted by Gasteiger charge is -2.38. The summed E-state index contributed by atoms with van der Waals surface area (Å²) in [5.41, 5.74) is -0.217. The maximum atomic E-state index is 13.2. The third kappa shape index (κ3) is 5.50. The first-order valence-corrected chi connectivity index (χ1v) is 11.6. The first kappa shape index (κ1) is 23.6. The molecule has 1 aromatic carbocycles. The van der Waals surface area contributed by atoms with Crippen molar-refractivity contribution in [2.24, 2.45) is 0 Å². The van der Waals surface area contributed by atoms with E-state index in [0.717, 1.165) is 37.2 Å². The van der Waals surface area contributed by atoms with Gasteiger partial charge in [-0.2, -0.15) is 23.1 Å². The Hall–Kier alpha value is -2.57. The van der Waals surface area contributed by atoms with E-state index in [0.29, 0.717) is 36.8 Å². The molecule has 2 saturated heterocycles. The van der Waals surface area contributed by atoms with E-state index in [1.165, 1.54) is 12.1 Å². The van der Waals surface area contributed by atoms with Crippen LogP contribution >= 0.6 is 11.9 Å². The van der Waals surface area contributed by atoms with Crippen LogP contribution in [0.25, 0.3) is 0 Å². The molecule has 1 atom stereocenters. The molecular formula is C21H26F3N7OS. The van der Waals surface area contributed by atoms with E-state index in [9.17, 15) is 18.3 Å². The highest BCUT2D eigenvalue weighted by Gasteiger charge is 2.31. The number of halogens is 3. The highest BCUT2D eigenvalue weighted by molar-refractivity contribution is 7.97. The van der Waals surface area contributed by atoms with Crippen molar-refractivity contribution in [1.82, 2.24) is 14.3 Å². The summed E-state index contributed by atoms with van der Waals surface area (Å²) in [4.78, 5) is 11.0. The largest absolute Gasteiger partial charge is 0.416 e. The number of benzene rings is 1. The SMILES string of the molecule is CCSN1CC(Nc2nc(Nc3cccc(C(F)(F)F)c3)c(C=N)c(N3CCC(O)C3)n2)C1. The predicted octanol–water partition coefficient (Wildman–Crippen LogP) is 3.57. The lowest BCUT2D eigenvalue weighted by molar-refractivity contribution is -0.137. The molecular weight excluding hydrogens is 455 g/mol. The summed E-state index contributed by atoms with van der Waals surface area (Å²) < 4.78 is 41.7. The van der Waals surface area contributed by atoms with Gasteiger partial charge in [0, 0.05) is 43.8 Å². The number of hydrogen-bond donors (Lipinski definition) is 4. The minimum absolute atomic E-state index is 0.147. The van der Waals surface area contributed by atoms with Crippen molar-refractivity contribution in [2.45, 2.75) is 31.7 Å². The summed E-state index contributed by atoms with van der Waals surface area (Å²) in [5.74, 6) is 2.02. The Kier molecular flexibility index (Phi) is 6.96. The highest BCUT2D eigenvalue weighted by atomic mass is 32.2. The van der Waals surface area contributed by atoms with Crippen LogP contribution in [0.15, 0.2) is 24.3 Å². The molecule has 0 radical (unpaired) electrons. The summed E-state index contributed by atoms with van der Waals surface area (Å²) in [6.45, 7) is 4.66. The topological polar surface area (TPSA) is 100 Å². The molecule has 2 aliphatic rings. The lowest BCUT2D eigenvalue weighted by Crippen LogP contribution is -2.51. The van der Waals surface area contributed by atoms with Crippen molar-refractivity contribution in [3.05, 3.63) is 35.4 Å². The van der Waals surface area contributed by atoms with E-state index in [2.05, 4.69) is 31.8 Å². The molecule has 4 rings (SSSR count). The number of nitrogens with one attached hydrogen (secondary N) is 3. The summed E-state index contributed by atoms with van der Waals surface area (Å²) in [5, 5.41) is 24.2. The number of hydrogen-bond acceptors (Lipinski definition) is 9. The van der Waals surface area contributed by atoms with E-state index < -0.39 is 17.8 Å². The van der Waals surface area contributed by atoms with Gasteiger partial charge in [-0.3, -0.25) is 0 Å². The fourth-order valence-corrected chi connectivity index (χ4v) is 4.77. The van der Waals surface area contributed by atoms with Crippen LogP contribution in [-0.4, -0.2) is 69.7 Å². The molecule has 2 fully saturated rings. The molecule has 0 bridgehead atoms. The number of aromatic nitrogens is 2. The monoisotopic (exact) mass is 481 g/mol. The van der Waals surface area contributed by atoms with Crippen LogP contribution < -0.4 is 15.5 Å². The van der Waals surface area contributed by atoms with Crippen LogP contribution in [0.4, 0.5) is 36.4 Å². The standard InChI is InChI=1S/C21H26F3N7OS/c1-2-33-31-10-15(11-31)27-20-28-18(26-14-5-3-4-13(8-14)21(22,23)24)17(9-25)19(29-20)30-7-6-16(32)12-30/h3-5,8-9,15-16,25,32H,2,6-7,10-12H2,1H3,(H2,26,27,28,29). The first-order valence-electron chi connectivity index (χ1n) is 10.7. The zero-order valence-electron chi connectivity index (χ0n) is 18.1. The number of anilines is 4. The molecule has 8 nitrogen and oxygen atoms in total. The van der Waals surface area contributed by atoms with Crippen molar-refractivity contribution in [3.8, 4) is 0 Å². The third-order valence-electron chi connectivity index (χ3n) is 5.48. The summed E-state index contributed by atoms with van der Waals surface area (Å²) in [6, 6.07) is 5.00. The molecule has 2 aromatic rings. The van der Waals surface area contributed by atoms with Crippen LogP contribution in [0.2, 0.25) is 0 Å². The number of aliphatic hydroxyl groups is 1. The second kappa shape index (κ2) is 9.74. The molecule has 2 aliphatic heterocycles. The molecule has 33 heavy (non-hydrogen) atoms. The van der Waals surface area contributed by atoms with Crippen molar-refractivity contribution in [1.29, 1.82) is 5.41 Å². The van der Waals surface area contributed by atoms with E-state index in [4.69, 9.17) is 5.41 Å². The quantitative estimate of drug-likeness (QED) is 0.336. The number of rotatable bonds is 8. The van der Waals surface area contributed by atoms with Crippen molar-refractivity contribution in [3.63, 3.8) is 0 Å². The molecule has 178 valence electrons. The maximum absolute atomic E-state index is 13.2. The Morgan fingerprint density at radius 2 is 2.06 bits per heavy atom. The summed E-state index contributed by atoms with van der Waals surface area (Å²) >= 11 is 1.75. The molecule has 12 heteroatoms. The van der Waals surface area contributed by atoms with Crippen LogP contribution in [0.1, 0.15) is 24.5 Å². The van der Waals surface area contributed by atoms with Gasteiger partial charge in [0.2, 0.25) is 5.95 Å². The Morgan fingerprint density at radius 3 is 2.70 bits per heavy atom. The van der Waals surface area contributed by atoms with E-state index in [-0.39, 0.29) is 17.5 Å². The van der Waals surface area contributed by atoms with E-state index in [1.807, 2.05) is 4.90 Å². The number of nitrogens with zero attached hydrogens (tertiary/aromatic N) is 4. The smallest absolute Gasteiger partial charge is 0.391 e. The molecule has 1 aromatic heterocycles. The van der Waals surface area contributed by atoms with Gasteiger partial charge in [-0.25, -0.2) is 4.31 Å². The van der Waals surface area contributed by atoms with E-state index >= 15 is 0 Å². The van der Waals surface area contributed by atoms with Gasteiger partial charge in [0.15, 0.2) is 0 Å². The fourth-order valence-electron chi connectivity index (χ4n) is 3.84. The average molecular weight is 482 g/mol. The van der Waals surface area contributed by atoms with Gasteiger partial charge in [0.25, 0.3) is 0 Å². The van der Waals surface area contributed by atoms with Gasteiger partial charge in [-0.1, -0.05) is 24.9 Å². The molecule has 0 spiro atoms.